The summed E-state index contributed by atoms with van der Waals surface area (Å²) in [5.41, 5.74) is 1.11. The maximum absolute atomic E-state index is 5.47. The van der Waals surface area contributed by atoms with Crippen molar-refractivity contribution in [2.75, 3.05) is 47.4 Å². The van der Waals surface area contributed by atoms with Crippen LogP contribution in [0.3, 0.4) is 0 Å². The van der Waals surface area contributed by atoms with Crippen LogP contribution in [0, 0.1) is 0 Å². The Hall–Kier alpha value is -2.25. The van der Waals surface area contributed by atoms with Crippen LogP contribution >= 0.6 is 11.3 Å². The van der Waals surface area contributed by atoms with Crippen molar-refractivity contribution in [1.29, 1.82) is 0 Å². The van der Waals surface area contributed by atoms with Gasteiger partial charge in [0, 0.05) is 25.0 Å². The van der Waals surface area contributed by atoms with E-state index in [1.54, 1.807) is 14.2 Å². The van der Waals surface area contributed by atoms with Crippen LogP contribution in [-0.4, -0.2) is 58.3 Å². The molecule has 2 heterocycles. The molecule has 1 fully saturated rings. The first kappa shape index (κ1) is 21.5. The van der Waals surface area contributed by atoms with Crippen LogP contribution in [0.1, 0.15) is 29.3 Å². The molecule has 0 spiro atoms. The highest BCUT2D eigenvalue weighted by molar-refractivity contribution is 7.10. The zero-order valence-corrected chi connectivity index (χ0v) is 18.4. The largest absolute Gasteiger partial charge is 0.497 e. The van der Waals surface area contributed by atoms with Gasteiger partial charge in [-0.05, 0) is 67.6 Å². The molecule has 2 N–H and O–H groups in total. The van der Waals surface area contributed by atoms with E-state index < -0.39 is 0 Å². The van der Waals surface area contributed by atoms with E-state index in [0.29, 0.717) is 6.04 Å². The maximum Gasteiger partial charge on any atom is 0.191 e. The molecule has 1 saturated heterocycles. The lowest BCUT2D eigenvalue weighted by atomic mass is 10.1. The fraction of sp³-hybridized carbons (Fsp3) is 0.500. The Bertz CT molecular complexity index is 773. The van der Waals surface area contributed by atoms with Gasteiger partial charge < -0.3 is 20.1 Å². The van der Waals surface area contributed by atoms with Gasteiger partial charge in [0.25, 0.3) is 0 Å². The van der Waals surface area contributed by atoms with E-state index in [4.69, 9.17) is 9.47 Å². The Morgan fingerprint density at radius 2 is 2.00 bits per heavy atom. The molecule has 158 valence electrons. The molecule has 6 nitrogen and oxygen atoms in total. The summed E-state index contributed by atoms with van der Waals surface area (Å²) < 4.78 is 10.8. The third-order valence-corrected chi connectivity index (χ3v) is 6.29. The monoisotopic (exact) mass is 416 g/mol. The number of guanidine groups is 1. The van der Waals surface area contributed by atoms with Gasteiger partial charge in [-0.15, -0.1) is 11.3 Å². The number of thiophene rings is 1. The van der Waals surface area contributed by atoms with Crippen molar-refractivity contribution in [3.63, 3.8) is 0 Å². The van der Waals surface area contributed by atoms with Gasteiger partial charge in [0.1, 0.15) is 11.5 Å². The van der Waals surface area contributed by atoms with E-state index in [1.165, 1.54) is 30.8 Å². The minimum Gasteiger partial charge on any atom is -0.497 e. The second-order valence-electron chi connectivity index (χ2n) is 7.08. The summed E-state index contributed by atoms with van der Waals surface area (Å²) in [6.07, 6.45) is 3.40. The van der Waals surface area contributed by atoms with Gasteiger partial charge >= 0.3 is 0 Å². The summed E-state index contributed by atoms with van der Waals surface area (Å²) >= 11 is 1.83. The average Bonchev–Trinajstić information content (AvgIpc) is 3.47. The van der Waals surface area contributed by atoms with E-state index in [9.17, 15) is 0 Å². The van der Waals surface area contributed by atoms with Crippen LogP contribution in [0.4, 0.5) is 0 Å². The van der Waals surface area contributed by atoms with Crippen molar-refractivity contribution < 1.29 is 9.47 Å². The number of hydrogen-bond acceptors (Lipinski definition) is 5. The highest BCUT2D eigenvalue weighted by atomic mass is 32.1. The maximum atomic E-state index is 5.47. The normalized spacial score (nSPS) is 15.9. The zero-order valence-electron chi connectivity index (χ0n) is 17.6. The van der Waals surface area contributed by atoms with Gasteiger partial charge in [-0.2, -0.15) is 0 Å². The van der Waals surface area contributed by atoms with Crippen molar-refractivity contribution >= 4 is 17.3 Å². The van der Waals surface area contributed by atoms with Crippen LogP contribution in [0.15, 0.2) is 40.7 Å². The molecule has 29 heavy (non-hydrogen) atoms. The lowest BCUT2D eigenvalue weighted by Gasteiger charge is -2.27. The predicted molar refractivity (Wildman–Crippen MR) is 120 cm³/mol. The molecule has 1 aliphatic heterocycles. The number of aliphatic imine (C=N–C) groups is 1. The number of methoxy groups -OCH3 is 2. The number of rotatable bonds is 9. The highest BCUT2D eigenvalue weighted by Gasteiger charge is 2.24. The van der Waals surface area contributed by atoms with E-state index in [2.05, 4.69) is 38.0 Å². The summed E-state index contributed by atoms with van der Waals surface area (Å²) in [4.78, 5) is 8.39. The number of nitrogens with zero attached hydrogens (tertiary/aromatic N) is 2. The molecule has 0 saturated carbocycles. The summed E-state index contributed by atoms with van der Waals surface area (Å²) in [6.45, 7) is 3.96. The number of likely N-dealkylation sites (tertiary alicyclic amines) is 1. The molecule has 3 rings (SSSR count). The Kier molecular flexibility index (Phi) is 8.19. The minimum atomic E-state index is 0.398. The molecule has 1 aromatic carbocycles. The SMILES string of the molecule is CN=C(NCCc1cc(OC)ccc1OC)NCC(c1cccs1)N1CCCC1. The smallest absolute Gasteiger partial charge is 0.191 e. The van der Waals surface area contributed by atoms with Crippen molar-refractivity contribution in [3.8, 4) is 11.5 Å². The summed E-state index contributed by atoms with van der Waals surface area (Å²) in [5, 5.41) is 9.11. The van der Waals surface area contributed by atoms with Crippen molar-refractivity contribution in [2.24, 2.45) is 4.99 Å². The quantitative estimate of drug-likeness (QED) is 0.485. The number of ether oxygens (including phenoxy) is 2. The number of benzene rings is 1. The Labute approximate surface area is 177 Å². The topological polar surface area (TPSA) is 58.1 Å². The number of hydrogen-bond donors (Lipinski definition) is 2. The third kappa shape index (κ3) is 5.87. The molecule has 2 aromatic rings. The molecule has 1 aromatic heterocycles. The molecule has 0 radical (unpaired) electrons. The predicted octanol–water partition coefficient (Wildman–Crippen LogP) is 3.31. The Morgan fingerprint density at radius 3 is 2.66 bits per heavy atom. The molecule has 0 amide bonds. The van der Waals surface area contributed by atoms with Crippen LogP contribution < -0.4 is 20.1 Å². The molecule has 1 atom stereocenters. The summed E-state index contributed by atoms with van der Waals surface area (Å²) in [7, 11) is 5.19. The van der Waals surface area contributed by atoms with Gasteiger partial charge in [0.2, 0.25) is 0 Å². The van der Waals surface area contributed by atoms with Crippen molar-refractivity contribution in [3.05, 3.63) is 46.2 Å². The van der Waals surface area contributed by atoms with Crippen molar-refractivity contribution in [1.82, 2.24) is 15.5 Å². The standard InChI is InChI=1S/C22H32N4O2S/c1-23-22(24-11-10-17-15-18(27-2)8-9-20(17)28-3)25-16-19(21-7-6-14-29-21)26-12-4-5-13-26/h6-9,14-15,19H,4-5,10-13,16H2,1-3H3,(H2,23,24,25). The lowest BCUT2D eigenvalue weighted by Crippen LogP contribution is -2.43. The second-order valence-corrected chi connectivity index (χ2v) is 8.06. The summed E-state index contributed by atoms with van der Waals surface area (Å²) in [6, 6.07) is 10.7. The van der Waals surface area contributed by atoms with Crippen LogP contribution in [0.25, 0.3) is 0 Å². The zero-order chi connectivity index (χ0) is 20.5. The van der Waals surface area contributed by atoms with E-state index in [0.717, 1.165) is 42.5 Å². The first-order valence-corrected chi connectivity index (χ1v) is 11.1. The van der Waals surface area contributed by atoms with Crippen molar-refractivity contribution in [2.45, 2.75) is 25.3 Å². The molecular formula is C22H32N4O2S. The molecule has 1 aliphatic rings. The summed E-state index contributed by atoms with van der Waals surface area (Å²) in [5.74, 6) is 2.54. The van der Waals surface area contributed by atoms with E-state index in [-0.39, 0.29) is 0 Å². The van der Waals surface area contributed by atoms with E-state index >= 15 is 0 Å². The first-order chi connectivity index (χ1) is 14.2. The molecule has 7 heteroatoms. The first-order valence-electron chi connectivity index (χ1n) is 10.2. The second kappa shape index (κ2) is 11.1. The van der Waals surface area contributed by atoms with Gasteiger partial charge in [-0.25, -0.2) is 0 Å². The molecule has 1 unspecified atom stereocenters. The Morgan fingerprint density at radius 1 is 1.17 bits per heavy atom. The highest BCUT2D eigenvalue weighted by Crippen LogP contribution is 2.28. The Balaban J connectivity index is 1.54. The lowest BCUT2D eigenvalue weighted by molar-refractivity contribution is 0.249. The number of nitrogens with one attached hydrogen (secondary N) is 2. The van der Waals surface area contributed by atoms with E-state index in [1.807, 2.05) is 36.6 Å². The van der Waals surface area contributed by atoms with Crippen LogP contribution in [0.5, 0.6) is 11.5 Å². The average molecular weight is 417 g/mol. The molecule has 0 bridgehead atoms. The fourth-order valence-corrected chi connectivity index (χ4v) is 4.61. The fourth-order valence-electron chi connectivity index (χ4n) is 3.75. The van der Waals surface area contributed by atoms with Crippen LogP contribution in [0.2, 0.25) is 0 Å². The third-order valence-electron chi connectivity index (χ3n) is 5.31. The minimum absolute atomic E-state index is 0.398. The molecular weight excluding hydrogens is 384 g/mol. The van der Waals surface area contributed by atoms with Gasteiger partial charge in [0.15, 0.2) is 5.96 Å². The van der Waals surface area contributed by atoms with Crippen LogP contribution in [-0.2, 0) is 6.42 Å². The van der Waals surface area contributed by atoms with Gasteiger partial charge in [-0.1, -0.05) is 6.07 Å². The van der Waals surface area contributed by atoms with Gasteiger partial charge in [-0.3, -0.25) is 9.89 Å². The van der Waals surface area contributed by atoms with Gasteiger partial charge in [0.05, 0.1) is 20.3 Å². The molecule has 0 aliphatic carbocycles.